The van der Waals surface area contributed by atoms with Crippen LogP contribution in [0.1, 0.15) is 5.56 Å². The first-order valence-electron chi connectivity index (χ1n) is 3.52. The summed E-state index contributed by atoms with van der Waals surface area (Å²) in [5, 5.41) is 12.3. The van der Waals surface area contributed by atoms with Crippen LogP contribution in [-0.2, 0) is 0 Å². The third kappa shape index (κ3) is 0.871. The van der Waals surface area contributed by atoms with Crippen molar-refractivity contribution in [3.05, 3.63) is 30.3 Å². The molecule has 0 radical (unpaired) electrons. The first-order valence-corrected chi connectivity index (χ1v) is 3.52. The van der Waals surface area contributed by atoms with E-state index in [-0.39, 0.29) is 0 Å². The number of phenols is 1. The summed E-state index contributed by atoms with van der Waals surface area (Å²) in [5.74, 6) is 0.300. The van der Waals surface area contributed by atoms with E-state index < -0.39 is 0 Å². The molecule has 0 aliphatic carbocycles. The first kappa shape index (κ1) is 6.28. The van der Waals surface area contributed by atoms with Gasteiger partial charge in [-0.15, -0.1) is 0 Å². The molecule has 1 aromatic carbocycles. The lowest BCUT2D eigenvalue weighted by atomic mass is 10.1. The van der Waals surface area contributed by atoms with Crippen LogP contribution in [0.3, 0.4) is 0 Å². The molecule has 0 saturated heterocycles. The molecule has 0 bridgehead atoms. The number of nitrogens with one attached hydrogen (secondary N) is 1. The van der Waals surface area contributed by atoms with E-state index in [0.717, 1.165) is 23.4 Å². The molecule has 1 aliphatic rings. The molecule has 1 aliphatic heterocycles. The highest BCUT2D eigenvalue weighted by Crippen LogP contribution is 2.31. The summed E-state index contributed by atoms with van der Waals surface area (Å²) < 4.78 is 0. The van der Waals surface area contributed by atoms with Gasteiger partial charge in [-0.05, 0) is 23.8 Å². The summed E-state index contributed by atoms with van der Waals surface area (Å²) in [7, 11) is 0. The van der Waals surface area contributed by atoms with Crippen LogP contribution in [0.15, 0.2) is 24.8 Å². The molecule has 0 aromatic heterocycles. The second-order valence-corrected chi connectivity index (χ2v) is 2.69. The van der Waals surface area contributed by atoms with Crippen molar-refractivity contribution in [2.45, 2.75) is 0 Å². The van der Waals surface area contributed by atoms with Gasteiger partial charge < -0.3 is 10.4 Å². The number of benzene rings is 1. The zero-order valence-corrected chi connectivity index (χ0v) is 6.09. The van der Waals surface area contributed by atoms with Crippen LogP contribution in [0.25, 0.3) is 5.57 Å². The second kappa shape index (κ2) is 2.02. The van der Waals surface area contributed by atoms with E-state index in [1.807, 2.05) is 6.07 Å². The summed E-state index contributed by atoms with van der Waals surface area (Å²) in [6, 6.07) is 5.27. The molecule has 1 aromatic rings. The van der Waals surface area contributed by atoms with Gasteiger partial charge in [-0.2, -0.15) is 0 Å². The molecule has 11 heavy (non-hydrogen) atoms. The minimum atomic E-state index is 0.300. The van der Waals surface area contributed by atoms with Crippen molar-refractivity contribution in [1.29, 1.82) is 0 Å². The number of hydrogen-bond acceptors (Lipinski definition) is 2. The maximum absolute atomic E-state index is 9.15. The maximum Gasteiger partial charge on any atom is 0.116 e. The molecule has 0 unspecified atom stereocenters. The highest BCUT2D eigenvalue weighted by Gasteiger charge is 2.12. The predicted molar refractivity (Wildman–Crippen MR) is 45.6 cm³/mol. The number of hydrogen-bond donors (Lipinski definition) is 2. The van der Waals surface area contributed by atoms with Crippen LogP contribution in [0, 0.1) is 0 Å². The lowest BCUT2D eigenvalue weighted by Gasteiger charge is -1.98. The smallest absolute Gasteiger partial charge is 0.116 e. The summed E-state index contributed by atoms with van der Waals surface area (Å²) >= 11 is 0. The van der Waals surface area contributed by atoms with Gasteiger partial charge in [-0.25, -0.2) is 0 Å². The molecule has 2 nitrogen and oxygen atoms in total. The molecule has 0 fully saturated rings. The molecule has 0 amide bonds. The van der Waals surface area contributed by atoms with Crippen LogP contribution >= 0.6 is 0 Å². The van der Waals surface area contributed by atoms with Gasteiger partial charge in [0, 0.05) is 17.8 Å². The predicted octanol–water partition coefficient (Wildman–Crippen LogP) is 1.83. The Kier molecular flexibility index (Phi) is 1.15. The van der Waals surface area contributed by atoms with Crippen molar-refractivity contribution in [3.8, 4) is 5.75 Å². The molecule has 2 rings (SSSR count). The zero-order chi connectivity index (χ0) is 7.84. The fourth-order valence-electron chi connectivity index (χ4n) is 1.28. The van der Waals surface area contributed by atoms with Crippen molar-refractivity contribution in [1.82, 2.24) is 0 Å². The molecule has 2 N–H and O–H groups in total. The maximum atomic E-state index is 9.15. The van der Waals surface area contributed by atoms with Crippen LogP contribution in [-0.4, -0.2) is 11.7 Å². The molecular weight excluding hydrogens is 138 g/mol. The highest BCUT2D eigenvalue weighted by atomic mass is 16.3. The van der Waals surface area contributed by atoms with Crippen molar-refractivity contribution in [2.75, 3.05) is 11.9 Å². The third-order valence-corrected chi connectivity index (χ3v) is 1.88. The number of fused-ring (bicyclic) bond motifs is 1. The number of rotatable bonds is 0. The van der Waals surface area contributed by atoms with E-state index in [0.29, 0.717) is 5.75 Å². The monoisotopic (exact) mass is 147 g/mol. The van der Waals surface area contributed by atoms with Crippen LogP contribution in [0.5, 0.6) is 5.75 Å². The second-order valence-electron chi connectivity index (χ2n) is 2.69. The van der Waals surface area contributed by atoms with E-state index in [1.165, 1.54) is 0 Å². The minimum absolute atomic E-state index is 0.300. The van der Waals surface area contributed by atoms with Crippen LogP contribution in [0.2, 0.25) is 0 Å². The molecular formula is C9H9NO. The summed E-state index contributed by atoms with van der Waals surface area (Å²) in [5.41, 5.74) is 3.13. The molecule has 0 saturated carbocycles. The van der Waals surface area contributed by atoms with Crippen molar-refractivity contribution < 1.29 is 5.11 Å². The summed E-state index contributed by atoms with van der Waals surface area (Å²) in [4.78, 5) is 0. The average Bonchev–Trinajstić information content (AvgIpc) is 2.33. The fourth-order valence-corrected chi connectivity index (χ4v) is 1.28. The lowest BCUT2D eigenvalue weighted by molar-refractivity contribution is 0.475. The Morgan fingerprint density at radius 2 is 2.27 bits per heavy atom. The molecule has 0 atom stereocenters. The van der Waals surface area contributed by atoms with Gasteiger partial charge >= 0.3 is 0 Å². The van der Waals surface area contributed by atoms with Crippen LogP contribution in [0.4, 0.5) is 5.69 Å². The summed E-state index contributed by atoms with van der Waals surface area (Å²) in [6.45, 7) is 4.65. The van der Waals surface area contributed by atoms with Gasteiger partial charge in [0.2, 0.25) is 0 Å². The van der Waals surface area contributed by atoms with Gasteiger partial charge in [-0.3, -0.25) is 0 Å². The molecule has 1 heterocycles. The summed E-state index contributed by atoms with van der Waals surface area (Å²) in [6.07, 6.45) is 0. The molecule has 56 valence electrons. The number of phenolic OH excluding ortho intramolecular Hbond substituents is 1. The van der Waals surface area contributed by atoms with E-state index in [4.69, 9.17) is 5.11 Å². The van der Waals surface area contributed by atoms with Gasteiger partial charge in [-0.1, -0.05) is 6.58 Å². The SMILES string of the molecule is C=C1CNc2ccc(O)cc21. The quantitative estimate of drug-likeness (QED) is 0.549. The Balaban J connectivity index is 2.60. The van der Waals surface area contributed by atoms with Gasteiger partial charge in [0.15, 0.2) is 0 Å². The Morgan fingerprint density at radius 1 is 1.45 bits per heavy atom. The van der Waals surface area contributed by atoms with Crippen molar-refractivity contribution in [3.63, 3.8) is 0 Å². The topological polar surface area (TPSA) is 32.3 Å². The average molecular weight is 147 g/mol. The fraction of sp³-hybridized carbons (Fsp3) is 0.111. The number of aromatic hydroxyl groups is 1. The van der Waals surface area contributed by atoms with E-state index in [2.05, 4.69) is 11.9 Å². The Morgan fingerprint density at radius 3 is 3.09 bits per heavy atom. The molecule has 2 heteroatoms. The Bertz CT molecular complexity index is 317. The Hall–Kier alpha value is -1.44. The number of anilines is 1. The van der Waals surface area contributed by atoms with Gasteiger partial charge in [0.1, 0.15) is 5.75 Å². The minimum Gasteiger partial charge on any atom is -0.508 e. The third-order valence-electron chi connectivity index (χ3n) is 1.88. The normalized spacial score (nSPS) is 14.4. The van der Waals surface area contributed by atoms with E-state index in [9.17, 15) is 0 Å². The van der Waals surface area contributed by atoms with Gasteiger partial charge in [0.25, 0.3) is 0 Å². The standard InChI is InChI=1S/C9H9NO/c1-6-5-10-9-3-2-7(11)4-8(6)9/h2-4,10-11H,1,5H2. The zero-order valence-electron chi connectivity index (χ0n) is 6.09. The largest absolute Gasteiger partial charge is 0.508 e. The first-order chi connectivity index (χ1) is 5.27. The van der Waals surface area contributed by atoms with Crippen LogP contribution < -0.4 is 5.32 Å². The van der Waals surface area contributed by atoms with E-state index in [1.54, 1.807) is 12.1 Å². The molecule has 0 spiro atoms. The van der Waals surface area contributed by atoms with Crippen molar-refractivity contribution in [2.24, 2.45) is 0 Å². The van der Waals surface area contributed by atoms with E-state index >= 15 is 0 Å². The van der Waals surface area contributed by atoms with Gasteiger partial charge in [0.05, 0.1) is 0 Å². The van der Waals surface area contributed by atoms with Crippen molar-refractivity contribution >= 4 is 11.3 Å². The Labute approximate surface area is 65.2 Å². The highest BCUT2D eigenvalue weighted by molar-refractivity contribution is 5.83. The lowest BCUT2D eigenvalue weighted by Crippen LogP contribution is -1.89.